The SMILES string of the molecule is Cc1ccc2[nH]c3c(NCCCN(C)C)ncnc3c2c1. The number of aromatic amines is 1. The highest BCUT2D eigenvalue weighted by Gasteiger charge is 2.10. The van der Waals surface area contributed by atoms with Gasteiger partial charge >= 0.3 is 0 Å². The summed E-state index contributed by atoms with van der Waals surface area (Å²) in [6.07, 6.45) is 2.71. The third-order valence-electron chi connectivity index (χ3n) is 3.61. The number of benzene rings is 1. The van der Waals surface area contributed by atoms with E-state index in [1.54, 1.807) is 6.33 Å². The van der Waals surface area contributed by atoms with Crippen LogP contribution in [0.5, 0.6) is 0 Å². The number of aromatic nitrogens is 3. The summed E-state index contributed by atoms with van der Waals surface area (Å²) < 4.78 is 0. The van der Waals surface area contributed by atoms with E-state index >= 15 is 0 Å². The Labute approximate surface area is 124 Å². The van der Waals surface area contributed by atoms with Crippen LogP contribution in [0.1, 0.15) is 12.0 Å². The minimum absolute atomic E-state index is 0.882. The fraction of sp³-hybridized carbons (Fsp3) is 0.375. The van der Waals surface area contributed by atoms with Crippen molar-refractivity contribution in [3.63, 3.8) is 0 Å². The van der Waals surface area contributed by atoms with Crippen LogP contribution in [-0.4, -0.2) is 47.0 Å². The molecule has 0 fully saturated rings. The van der Waals surface area contributed by atoms with E-state index in [2.05, 4.69) is 64.4 Å². The number of hydrogen-bond acceptors (Lipinski definition) is 4. The van der Waals surface area contributed by atoms with Crippen molar-refractivity contribution in [3.05, 3.63) is 30.1 Å². The minimum atomic E-state index is 0.882. The number of nitrogens with one attached hydrogen (secondary N) is 2. The van der Waals surface area contributed by atoms with Crippen molar-refractivity contribution in [1.82, 2.24) is 19.9 Å². The molecular weight excluding hydrogens is 262 g/mol. The molecule has 0 saturated carbocycles. The van der Waals surface area contributed by atoms with E-state index in [9.17, 15) is 0 Å². The van der Waals surface area contributed by atoms with Gasteiger partial charge < -0.3 is 15.2 Å². The predicted molar refractivity (Wildman–Crippen MR) is 87.8 cm³/mol. The fourth-order valence-corrected chi connectivity index (χ4v) is 2.54. The van der Waals surface area contributed by atoms with Gasteiger partial charge in [-0.25, -0.2) is 9.97 Å². The molecule has 1 aromatic carbocycles. The first-order chi connectivity index (χ1) is 10.1. The largest absolute Gasteiger partial charge is 0.368 e. The number of nitrogens with zero attached hydrogens (tertiary/aromatic N) is 3. The van der Waals surface area contributed by atoms with Gasteiger partial charge in [0.25, 0.3) is 0 Å². The van der Waals surface area contributed by atoms with Gasteiger partial charge in [-0.05, 0) is 46.1 Å². The first kappa shape index (κ1) is 13.8. The number of rotatable bonds is 5. The van der Waals surface area contributed by atoms with Crippen LogP contribution in [0.25, 0.3) is 21.9 Å². The molecule has 2 aromatic heterocycles. The van der Waals surface area contributed by atoms with Crippen molar-refractivity contribution in [2.45, 2.75) is 13.3 Å². The Bertz CT molecular complexity index is 760. The summed E-state index contributed by atoms with van der Waals surface area (Å²) in [5, 5.41) is 4.57. The molecule has 0 spiro atoms. The second-order valence-corrected chi connectivity index (χ2v) is 5.70. The van der Waals surface area contributed by atoms with E-state index in [0.29, 0.717) is 0 Å². The Kier molecular flexibility index (Phi) is 3.75. The Morgan fingerprint density at radius 2 is 2.10 bits per heavy atom. The van der Waals surface area contributed by atoms with Gasteiger partial charge in [0.05, 0.1) is 0 Å². The summed E-state index contributed by atoms with van der Waals surface area (Å²) in [6.45, 7) is 4.06. The molecule has 0 amide bonds. The second-order valence-electron chi connectivity index (χ2n) is 5.70. The molecule has 0 aliphatic carbocycles. The van der Waals surface area contributed by atoms with Gasteiger partial charge in [-0.3, -0.25) is 0 Å². The first-order valence-electron chi connectivity index (χ1n) is 7.27. The van der Waals surface area contributed by atoms with Gasteiger partial charge in [0.1, 0.15) is 17.4 Å². The zero-order valence-corrected chi connectivity index (χ0v) is 12.8. The van der Waals surface area contributed by atoms with Crippen LogP contribution in [0.3, 0.4) is 0 Å². The zero-order chi connectivity index (χ0) is 14.8. The average molecular weight is 283 g/mol. The Hall–Kier alpha value is -2.14. The van der Waals surface area contributed by atoms with E-state index in [1.165, 1.54) is 5.56 Å². The summed E-state index contributed by atoms with van der Waals surface area (Å²) in [4.78, 5) is 14.4. The smallest absolute Gasteiger partial charge is 0.153 e. The molecule has 0 unspecified atom stereocenters. The normalized spacial score (nSPS) is 11.6. The monoisotopic (exact) mass is 283 g/mol. The number of fused-ring (bicyclic) bond motifs is 3. The maximum Gasteiger partial charge on any atom is 0.153 e. The summed E-state index contributed by atoms with van der Waals surface area (Å²) >= 11 is 0. The molecule has 0 radical (unpaired) electrons. The predicted octanol–water partition coefficient (Wildman–Crippen LogP) is 2.78. The molecule has 21 heavy (non-hydrogen) atoms. The average Bonchev–Trinajstić information content (AvgIpc) is 2.82. The number of H-pyrrole nitrogens is 1. The lowest BCUT2D eigenvalue weighted by Crippen LogP contribution is -2.16. The number of anilines is 1. The highest BCUT2D eigenvalue weighted by molar-refractivity contribution is 6.08. The van der Waals surface area contributed by atoms with Gasteiger partial charge in [0.2, 0.25) is 0 Å². The van der Waals surface area contributed by atoms with E-state index in [4.69, 9.17) is 0 Å². The van der Waals surface area contributed by atoms with Crippen LogP contribution >= 0.6 is 0 Å². The van der Waals surface area contributed by atoms with Crippen LogP contribution in [0.15, 0.2) is 24.5 Å². The van der Waals surface area contributed by atoms with Crippen LogP contribution in [0.4, 0.5) is 5.82 Å². The first-order valence-corrected chi connectivity index (χ1v) is 7.27. The maximum absolute atomic E-state index is 4.44. The molecule has 0 saturated heterocycles. The zero-order valence-electron chi connectivity index (χ0n) is 12.8. The molecule has 0 aliphatic heterocycles. The van der Waals surface area contributed by atoms with Crippen molar-refractivity contribution in [2.24, 2.45) is 0 Å². The Morgan fingerprint density at radius 3 is 2.90 bits per heavy atom. The highest BCUT2D eigenvalue weighted by atomic mass is 15.1. The second kappa shape index (κ2) is 5.69. The van der Waals surface area contributed by atoms with Gasteiger partial charge in [0, 0.05) is 17.4 Å². The van der Waals surface area contributed by atoms with Crippen molar-refractivity contribution in [3.8, 4) is 0 Å². The lowest BCUT2D eigenvalue weighted by molar-refractivity contribution is 0.405. The molecule has 110 valence electrons. The van der Waals surface area contributed by atoms with Crippen LogP contribution in [0, 0.1) is 6.92 Å². The minimum Gasteiger partial charge on any atom is -0.368 e. The molecule has 0 aliphatic rings. The summed E-state index contributed by atoms with van der Waals surface area (Å²) in [5.41, 5.74) is 4.32. The summed E-state index contributed by atoms with van der Waals surface area (Å²) in [5.74, 6) is 0.882. The lowest BCUT2D eigenvalue weighted by atomic mass is 10.1. The van der Waals surface area contributed by atoms with Crippen molar-refractivity contribution in [1.29, 1.82) is 0 Å². The summed E-state index contributed by atoms with van der Waals surface area (Å²) in [7, 11) is 4.17. The lowest BCUT2D eigenvalue weighted by Gasteiger charge is -2.10. The molecule has 0 atom stereocenters. The molecule has 5 heteroatoms. The van der Waals surface area contributed by atoms with E-state index < -0.39 is 0 Å². The van der Waals surface area contributed by atoms with Crippen LogP contribution in [0.2, 0.25) is 0 Å². The molecule has 2 N–H and O–H groups in total. The van der Waals surface area contributed by atoms with E-state index in [1.807, 2.05) is 0 Å². The summed E-state index contributed by atoms with van der Waals surface area (Å²) in [6, 6.07) is 6.37. The third kappa shape index (κ3) is 2.83. The van der Waals surface area contributed by atoms with E-state index in [-0.39, 0.29) is 0 Å². The Morgan fingerprint density at radius 1 is 1.24 bits per heavy atom. The molecule has 3 aromatic rings. The van der Waals surface area contributed by atoms with Crippen molar-refractivity contribution in [2.75, 3.05) is 32.5 Å². The number of hydrogen-bond donors (Lipinski definition) is 2. The molecular formula is C16H21N5. The van der Waals surface area contributed by atoms with Crippen LogP contribution < -0.4 is 5.32 Å². The highest BCUT2D eigenvalue weighted by Crippen LogP contribution is 2.27. The topological polar surface area (TPSA) is 56.8 Å². The quantitative estimate of drug-likeness (QED) is 0.707. The molecule has 2 heterocycles. The van der Waals surface area contributed by atoms with Gasteiger partial charge in [-0.2, -0.15) is 0 Å². The molecule has 3 rings (SSSR count). The van der Waals surface area contributed by atoms with Crippen molar-refractivity contribution < 1.29 is 0 Å². The fourth-order valence-electron chi connectivity index (χ4n) is 2.54. The van der Waals surface area contributed by atoms with E-state index in [0.717, 1.165) is 47.3 Å². The van der Waals surface area contributed by atoms with Crippen molar-refractivity contribution >= 4 is 27.8 Å². The Balaban J connectivity index is 1.91. The van der Waals surface area contributed by atoms with Gasteiger partial charge in [0.15, 0.2) is 5.82 Å². The molecule has 5 nitrogen and oxygen atoms in total. The number of aryl methyl sites for hydroxylation is 1. The van der Waals surface area contributed by atoms with Gasteiger partial charge in [-0.15, -0.1) is 0 Å². The van der Waals surface area contributed by atoms with Crippen LogP contribution in [-0.2, 0) is 0 Å². The van der Waals surface area contributed by atoms with Gasteiger partial charge in [-0.1, -0.05) is 11.6 Å². The third-order valence-corrected chi connectivity index (χ3v) is 3.61. The molecule has 0 bridgehead atoms. The maximum atomic E-state index is 4.44. The standard InChI is InChI=1S/C16H21N5/c1-11-5-6-13-12(9-11)14-15(20-13)16(19-10-18-14)17-7-4-8-21(2)3/h5-6,9-10,20H,4,7-8H2,1-3H3,(H,17,18,19).